The summed E-state index contributed by atoms with van der Waals surface area (Å²) in [5, 5.41) is 0. The van der Waals surface area contributed by atoms with Gasteiger partial charge in [0.25, 0.3) is 0 Å². The van der Waals surface area contributed by atoms with Crippen molar-refractivity contribution in [1.82, 2.24) is 0 Å². The normalized spacial score (nSPS) is 12.2. The van der Waals surface area contributed by atoms with Crippen molar-refractivity contribution in [3.8, 4) is 0 Å². The molecule has 0 aliphatic carbocycles. The van der Waals surface area contributed by atoms with Crippen molar-refractivity contribution in [1.29, 1.82) is 0 Å². The van der Waals surface area contributed by atoms with E-state index in [1.807, 2.05) is 0 Å². The molecule has 0 saturated carbocycles. The molecule has 0 spiro atoms. The Hall–Kier alpha value is -0.436. The number of allylic oxidation sites excluding steroid dienone is 1. The number of hydrogen-bond acceptors (Lipinski definition) is 1. The molecule has 0 fully saturated rings. The molecular weight excluding hydrogens is 202 g/mol. The topological polar surface area (TPSA) is 12.4 Å². The molecule has 5 heteroatoms. The Morgan fingerprint density at radius 2 is 2.00 bits per heavy atom. The van der Waals surface area contributed by atoms with Crippen molar-refractivity contribution < 1.29 is 28.2 Å². The first kappa shape index (κ1) is 10.6. The molecule has 1 nitrogen and oxygen atoms in total. The Morgan fingerprint density at radius 1 is 1.55 bits per heavy atom. The zero-order valence-corrected chi connectivity index (χ0v) is 6.67. The zero-order valence-electron chi connectivity index (χ0n) is 5.68. The Bertz CT molecular complexity index is 204. The number of alkyl halides is 3. The molecule has 0 amide bonds. The Morgan fingerprint density at radius 3 is 2.27 bits per heavy atom. The summed E-state index contributed by atoms with van der Waals surface area (Å²) in [5.41, 5.74) is 0.434. The molecule has 0 radical (unpaired) electrons. The van der Waals surface area contributed by atoms with Crippen molar-refractivity contribution in [3.63, 3.8) is 0 Å². The second-order valence-corrected chi connectivity index (χ2v) is 2.33. The van der Waals surface area contributed by atoms with Crippen LogP contribution in [0.5, 0.6) is 0 Å². The summed E-state index contributed by atoms with van der Waals surface area (Å²) in [6.07, 6.45) is -3.50. The van der Waals surface area contributed by atoms with Crippen LogP contribution in [-0.4, -0.2) is 17.0 Å². The molecule has 0 aliphatic heterocycles. The third-order valence-electron chi connectivity index (χ3n) is 0.607. The van der Waals surface area contributed by atoms with E-state index in [0.717, 1.165) is 6.21 Å². The fraction of sp³-hybridized carbons (Fsp3) is 0.333. The quantitative estimate of drug-likeness (QED) is 0.485. The zero-order chi connectivity index (χ0) is 9.07. The molecule has 0 aromatic rings. The van der Waals surface area contributed by atoms with Crippen LogP contribution in [0.3, 0.4) is 0 Å². The molecular formula is C6H6F3NNi. The summed E-state index contributed by atoms with van der Waals surface area (Å²) in [7, 11) is 0. The van der Waals surface area contributed by atoms with Crippen LogP contribution in [0.2, 0.25) is 0 Å². The Labute approximate surface area is 69.9 Å². The fourth-order valence-corrected chi connectivity index (χ4v) is 0.300. The maximum absolute atomic E-state index is 11.6. The summed E-state index contributed by atoms with van der Waals surface area (Å²) in [5.74, 6) is 0. The molecule has 0 aromatic heterocycles. The summed E-state index contributed by atoms with van der Waals surface area (Å²) in [6.45, 7) is 4.87. The Kier molecular flexibility index (Phi) is 3.66. The first-order valence-corrected chi connectivity index (χ1v) is 3.09. The van der Waals surface area contributed by atoms with E-state index < -0.39 is 10.8 Å². The molecule has 0 unspecified atom stereocenters. The van der Waals surface area contributed by atoms with E-state index in [-0.39, 0.29) is 0 Å². The summed E-state index contributed by atoms with van der Waals surface area (Å²) in [4.78, 5) is 3.00. The van der Waals surface area contributed by atoms with Gasteiger partial charge in [-0.2, -0.15) is 0 Å². The van der Waals surface area contributed by atoms with Crippen LogP contribution in [0.25, 0.3) is 0 Å². The van der Waals surface area contributed by atoms with E-state index in [0.29, 0.717) is 5.57 Å². The van der Waals surface area contributed by atoms with Crippen LogP contribution in [0, 0.1) is 0 Å². The minimum atomic E-state index is -4.49. The predicted molar refractivity (Wildman–Crippen MR) is 34.4 cm³/mol. The number of rotatable bonds is 2. The molecule has 0 N–H and O–H groups in total. The number of hydrogen-bond donors (Lipinski definition) is 0. The monoisotopic (exact) mass is 207 g/mol. The fourth-order valence-electron chi connectivity index (χ4n) is 0.236. The van der Waals surface area contributed by atoms with Gasteiger partial charge in [0.05, 0.1) is 0 Å². The summed E-state index contributed by atoms with van der Waals surface area (Å²) < 4.78 is 33.6. The summed E-state index contributed by atoms with van der Waals surface area (Å²) >= 11 is 3.64. The van der Waals surface area contributed by atoms with E-state index in [1.165, 1.54) is 6.92 Å². The number of aliphatic imine (C=N–C) groups is 1. The molecule has 0 aromatic carbocycles. The van der Waals surface area contributed by atoms with Crippen molar-refractivity contribution in [2.75, 3.05) is 0 Å². The third-order valence-corrected chi connectivity index (χ3v) is 1.01. The van der Waals surface area contributed by atoms with E-state index >= 15 is 0 Å². The van der Waals surface area contributed by atoms with Gasteiger partial charge in [-0.1, -0.05) is 0 Å². The average Bonchev–Trinajstić information content (AvgIpc) is 1.80. The van der Waals surface area contributed by atoms with Crippen molar-refractivity contribution in [2.45, 2.75) is 13.1 Å². The molecule has 0 atom stereocenters. The van der Waals surface area contributed by atoms with Crippen molar-refractivity contribution in [3.05, 3.63) is 12.2 Å². The van der Waals surface area contributed by atoms with Gasteiger partial charge in [0.1, 0.15) is 0 Å². The van der Waals surface area contributed by atoms with Crippen LogP contribution >= 0.6 is 0 Å². The van der Waals surface area contributed by atoms with Crippen LogP contribution in [0.15, 0.2) is 17.1 Å². The van der Waals surface area contributed by atoms with Crippen molar-refractivity contribution >= 4 is 10.8 Å². The van der Waals surface area contributed by atoms with Crippen LogP contribution in [0.1, 0.15) is 6.92 Å². The molecule has 0 rings (SSSR count). The predicted octanol–water partition coefficient (Wildman–Crippen LogP) is 1.87. The van der Waals surface area contributed by atoms with Gasteiger partial charge in [-0.25, -0.2) is 0 Å². The van der Waals surface area contributed by atoms with Crippen LogP contribution < -0.4 is 0 Å². The van der Waals surface area contributed by atoms with Gasteiger partial charge in [0, 0.05) is 0 Å². The van der Waals surface area contributed by atoms with Gasteiger partial charge in [-0.05, 0) is 0 Å². The molecule has 66 valence electrons. The molecule has 0 saturated heterocycles. The first-order chi connectivity index (χ1) is 4.84. The van der Waals surface area contributed by atoms with Gasteiger partial charge < -0.3 is 0 Å². The molecule has 0 bridgehead atoms. The Balaban J connectivity index is 4.20. The van der Waals surface area contributed by atoms with E-state index in [1.54, 1.807) is 0 Å². The second kappa shape index (κ2) is 3.81. The minimum absolute atomic E-state index is 0.434. The van der Waals surface area contributed by atoms with Crippen LogP contribution in [-0.2, 0) is 15.0 Å². The molecule has 0 heterocycles. The first-order valence-electron chi connectivity index (χ1n) is 2.60. The van der Waals surface area contributed by atoms with Gasteiger partial charge in [-0.15, -0.1) is 0 Å². The third kappa shape index (κ3) is 4.90. The van der Waals surface area contributed by atoms with Gasteiger partial charge in [0.2, 0.25) is 0 Å². The van der Waals surface area contributed by atoms with Crippen LogP contribution in [0.4, 0.5) is 13.2 Å². The summed E-state index contributed by atoms with van der Waals surface area (Å²) in [6, 6.07) is 0. The van der Waals surface area contributed by atoms with Gasteiger partial charge >= 0.3 is 69.3 Å². The van der Waals surface area contributed by atoms with E-state index in [9.17, 15) is 13.2 Å². The standard InChI is InChI=1S/C6H6F3N.Ni/c1-5(2)3-10-4-6(7,8)9;/h3H,1H2,2H3;. The van der Waals surface area contributed by atoms with Crippen molar-refractivity contribution in [2.24, 2.45) is 4.99 Å². The number of halogens is 3. The van der Waals surface area contributed by atoms with Gasteiger partial charge in [-0.3, -0.25) is 0 Å². The maximum atomic E-state index is 11.6. The SMILES string of the molecule is C=C(C)C=N[C](=[Ni])C(F)(F)F. The average molecular weight is 208 g/mol. The van der Waals surface area contributed by atoms with Gasteiger partial charge in [0.15, 0.2) is 0 Å². The van der Waals surface area contributed by atoms with E-state index in [4.69, 9.17) is 0 Å². The molecule has 11 heavy (non-hydrogen) atoms. The van der Waals surface area contributed by atoms with E-state index in [2.05, 4.69) is 26.6 Å². The molecule has 0 aliphatic rings. The second-order valence-electron chi connectivity index (χ2n) is 1.86. The number of nitrogens with zero attached hydrogens (tertiary/aromatic N) is 1.